The van der Waals surface area contributed by atoms with Crippen molar-refractivity contribution in [1.29, 1.82) is 5.26 Å². The van der Waals surface area contributed by atoms with E-state index in [1.807, 2.05) is 6.19 Å². The zero-order valence-electron chi connectivity index (χ0n) is 11.6. The average molecular weight is 316 g/mol. The number of amides is 1. The molecule has 1 atom stereocenters. The van der Waals surface area contributed by atoms with Crippen LogP contribution >= 0.6 is 11.3 Å². The highest BCUT2D eigenvalue weighted by atomic mass is 32.1. The Labute approximate surface area is 131 Å². The van der Waals surface area contributed by atoms with Gasteiger partial charge in [-0.25, -0.2) is 9.37 Å². The van der Waals surface area contributed by atoms with E-state index in [4.69, 9.17) is 0 Å². The summed E-state index contributed by atoms with van der Waals surface area (Å²) in [5, 5.41) is 12.6. The molecule has 1 saturated heterocycles. The van der Waals surface area contributed by atoms with E-state index in [9.17, 15) is 14.4 Å². The maximum absolute atomic E-state index is 13.8. The van der Waals surface area contributed by atoms with E-state index in [0.717, 1.165) is 22.8 Å². The fourth-order valence-electron chi connectivity index (χ4n) is 2.39. The van der Waals surface area contributed by atoms with Crippen LogP contribution in [0.5, 0.6) is 0 Å². The summed E-state index contributed by atoms with van der Waals surface area (Å²) in [6.07, 6.45) is 4.08. The molecule has 1 unspecified atom stereocenters. The Hall–Kier alpha value is -2.30. The van der Waals surface area contributed by atoms with Crippen molar-refractivity contribution in [3.05, 3.63) is 36.3 Å². The summed E-state index contributed by atoms with van der Waals surface area (Å²) in [7, 11) is 0. The predicted octanol–water partition coefficient (Wildman–Crippen LogP) is 2.37. The monoisotopic (exact) mass is 316 g/mol. The van der Waals surface area contributed by atoms with Crippen LogP contribution in [0.15, 0.2) is 30.5 Å². The summed E-state index contributed by atoms with van der Waals surface area (Å²) < 4.78 is 13.8. The molecule has 1 N–H and O–H groups in total. The molecule has 5 nitrogen and oxygen atoms in total. The van der Waals surface area contributed by atoms with E-state index in [-0.39, 0.29) is 22.8 Å². The minimum Gasteiger partial charge on any atom is -0.316 e. The molecule has 1 aromatic carbocycles. The van der Waals surface area contributed by atoms with Crippen molar-refractivity contribution in [2.24, 2.45) is 5.92 Å². The fraction of sp³-hybridized carbons (Fsp3) is 0.267. The van der Waals surface area contributed by atoms with Crippen molar-refractivity contribution < 1.29 is 9.18 Å². The standard InChI is InChI=1S/C15H13FN4OS/c16-12-4-2-1-3-11(12)13-8-19-15(22-13)20(9-17)14(21)10-5-6-18-7-10/h1-4,8,10,18H,5-7H2. The van der Waals surface area contributed by atoms with Crippen molar-refractivity contribution in [2.75, 3.05) is 18.0 Å². The molecule has 112 valence electrons. The number of aromatic nitrogens is 1. The number of anilines is 1. The molecule has 1 aromatic heterocycles. The van der Waals surface area contributed by atoms with Gasteiger partial charge in [0.1, 0.15) is 5.82 Å². The number of benzene rings is 1. The van der Waals surface area contributed by atoms with Crippen LogP contribution in [0.4, 0.5) is 9.52 Å². The Morgan fingerprint density at radius 2 is 2.32 bits per heavy atom. The summed E-state index contributed by atoms with van der Waals surface area (Å²) in [4.78, 5) is 18.1. The first kappa shape index (κ1) is 14.6. The van der Waals surface area contributed by atoms with Crippen LogP contribution in [-0.4, -0.2) is 24.0 Å². The van der Waals surface area contributed by atoms with Crippen LogP contribution in [0, 0.1) is 23.2 Å². The van der Waals surface area contributed by atoms with E-state index in [2.05, 4.69) is 10.3 Å². The quantitative estimate of drug-likeness (QED) is 0.697. The third-order valence-corrected chi connectivity index (χ3v) is 4.57. The fourth-order valence-corrected chi connectivity index (χ4v) is 3.29. The first-order valence-corrected chi connectivity index (χ1v) is 7.67. The Bertz CT molecular complexity index is 733. The minimum atomic E-state index is -0.354. The molecule has 7 heteroatoms. The topological polar surface area (TPSA) is 69.0 Å². The summed E-state index contributed by atoms with van der Waals surface area (Å²) in [5.41, 5.74) is 0.416. The number of nitrogens with zero attached hydrogens (tertiary/aromatic N) is 3. The Morgan fingerprint density at radius 3 is 3.00 bits per heavy atom. The average Bonchev–Trinajstić information content (AvgIpc) is 3.20. The smallest absolute Gasteiger partial charge is 0.246 e. The van der Waals surface area contributed by atoms with Crippen LogP contribution in [0.2, 0.25) is 0 Å². The first-order chi connectivity index (χ1) is 10.7. The van der Waals surface area contributed by atoms with E-state index in [1.54, 1.807) is 18.2 Å². The van der Waals surface area contributed by atoms with Crippen molar-refractivity contribution in [3.63, 3.8) is 0 Å². The van der Waals surface area contributed by atoms with Crippen LogP contribution in [-0.2, 0) is 4.79 Å². The highest BCUT2D eigenvalue weighted by Crippen LogP contribution is 2.33. The Morgan fingerprint density at radius 1 is 1.50 bits per heavy atom. The number of carbonyl (C=O) groups excluding carboxylic acids is 1. The first-order valence-electron chi connectivity index (χ1n) is 6.86. The van der Waals surface area contributed by atoms with Gasteiger partial charge >= 0.3 is 0 Å². The van der Waals surface area contributed by atoms with Gasteiger partial charge < -0.3 is 5.32 Å². The largest absolute Gasteiger partial charge is 0.316 e. The maximum atomic E-state index is 13.8. The third kappa shape index (κ3) is 2.71. The minimum absolute atomic E-state index is 0.208. The van der Waals surface area contributed by atoms with Gasteiger partial charge in [-0.3, -0.25) is 4.79 Å². The number of rotatable bonds is 3. The number of nitrogens with one attached hydrogen (secondary N) is 1. The molecule has 1 fully saturated rings. The van der Waals surface area contributed by atoms with Crippen molar-refractivity contribution in [3.8, 4) is 16.6 Å². The van der Waals surface area contributed by atoms with Crippen LogP contribution < -0.4 is 10.2 Å². The van der Waals surface area contributed by atoms with Crippen LogP contribution in [0.3, 0.4) is 0 Å². The second kappa shape index (κ2) is 6.22. The SMILES string of the molecule is N#CN(C(=O)C1CCNC1)c1ncc(-c2ccccc2F)s1. The Balaban J connectivity index is 1.87. The zero-order valence-corrected chi connectivity index (χ0v) is 12.4. The van der Waals surface area contributed by atoms with Gasteiger partial charge in [0.25, 0.3) is 0 Å². The summed E-state index contributed by atoms with van der Waals surface area (Å²) >= 11 is 1.13. The summed E-state index contributed by atoms with van der Waals surface area (Å²) in [6, 6.07) is 6.35. The third-order valence-electron chi connectivity index (χ3n) is 3.55. The lowest BCUT2D eigenvalue weighted by atomic mass is 10.1. The number of carbonyl (C=O) groups is 1. The number of hydrogen-bond donors (Lipinski definition) is 1. The van der Waals surface area contributed by atoms with Crippen molar-refractivity contribution in [2.45, 2.75) is 6.42 Å². The molecule has 0 aliphatic carbocycles. The van der Waals surface area contributed by atoms with E-state index in [0.29, 0.717) is 23.4 Å². The van der Waals surface area contributed by atoms with Crippen LogP contribution in [0.25, 0.3) is 10.4 Å². The highest BCUT2D eigenvalue weighted by Gasteiger charge is 2.30. The van der Waals surface area contributed by atoms with Gasteiger partial charge in [0.15, 0.2) is 6.19 Å². The predicted molar refractivity (Wildman–Crippen MR) is 81.6 cm³/mol. The van der Waals surface area contributed by atoms with Crippen molar-refractivity contribution in [1.82, 2.24) is 10.3 Å². The number of thiazole rings is 1. The van der Waals surface area contributed by atoms with E-state index in [1.165, 1.54) is 12.3 Å². The number of hydrogen-bond acceptors (Lipinski definition) is 5. The van der Waals surface area contributed by atoms with Crippen molar-refractivity contribution >= 4 is 22.4 Å². The molecule has 0 radical (unpaired) electrons. The van der Waals surface area contributed by atoms with Gasteiger partial charge in [0.05, 0.1) is 10.8 Å². The number of nitriles is 1. The molecule has 22 heavy (non-hydrogen) atoms. The van der Waals surface area contributed by atoms with Gasteiger partial charge in [-0.1, -0.05) is 29.5 Å². The lowest BCUT2D eigenvalue weighted by Gasteiger charge is -2.14. The highest BCUT2D eigenvalue weighted by molar-refractivity contribution is 7.19. The molecule has 1 amide bonds. The molecule has 2 heterocycles. The molecular weight excluding hydrogens is 303 g/mol. The lowest BCUT2D eigenvalue weighted by molar-refractivity contribution is -0.121. The van der Waals surface area contributed by atoms with Crippen LogP contribution in [0.1, 0.15) is 6.42 Å². The Kier molecular flexibility index (Phi) is 4.13. The van der Waals surface area contributed by atoms with E-state index < -0.39 is 0 Å². The maximum Gasteiger partial charge on any atom is 0.246 e. The molecular formula is C15H13FN4OS. The molecule has 2 aromatic rings. The summed E-state index contributed by atoms with van der Waals surface area (Å²) in [5.74, 6) is -0.824. The molecule has 0 spiro atoms. The van der Waals surface area contributed by atoms with Gasteiger partial charge in [-0.05, 0) is 19.0 Å². The number of halogens is 1. The van der Waals surface area contributed by atoms with E-state index >= 15 is 0 Å². The van der Waals surface area contributed by atoms with Gasteiger partial charge in [-0.2, -0.15) is 10.2 Å². The molecule has 3 rings (SSSR count). The second-order valence-electron chi connectivity index (χ2n) is 4.95. The van der Waals surface area contributed by atoms with Gasteiger partial charge in [0.2, 0.25) is 11.0 Å². The molecule has 1 aliphatic rings. The molecule has 0 saturated carbocycles. The molecule has 0 bridgehead atoms. The second-order valence-corrected chi connectivity index (χ2v) is 5.96. The summed E-state index contributed by atoms with van der Waals surface area (Å²) in [6.45, 7) is 1.34. The zero-order chi connectivity index (χ0) is 15.5. The lowest BCUT2D eigenvalue weighted by Crippen LogP contribution is -2.33. The van der Waals surface area contributed by atoms with Gasteiger partial charge in [0, 0.05) is 18.3 Å². The molecule has 1 aliphatic heterocycles. The van der Waals surface area contributed by atoms with Gasteiger partial charge in [-0.15, -0.1) is 0 Å². The normalized spacial score (nSPS) is 17.2.